The van der Waals surface area contributed by atoms with Gasteiger partial charge in [0.15, 0.2) is 0 Å². The molecule has 0 radical (unpaired) electrons. The molecule has 1 aromatic carbocycles. The highest BCUT2D eigenvalue weighted by atomic mass is 79.9. The number of hydrogen-bond donors (Lipinski definition) is 2. The second-order valence-corrected chi connectivity index (χ2v) is 5.06. The molecule has 6 heteroatoms. The Kier molecular flexibility index (Phi) is 4.94. The van der Waals surface area contributed by atoms with Gasteiger partial charge in [0, 0.05) is 16.2 Å². The average Bonchev–Trinajstić information content (AvgIpc) is 2.49. The van der Waals surface area contributed by atoms with Crippen molar-refractivity contribution in [1.29, 1.82) is 0 Å². The third kappa shape index (κ3) is 3.09. The molecule has 0 amide bonds. The number of nitrogens with zero attached hydrogens (tertiary/aromatic N) is 1. The monoisotopic (exact) mass is 337 g/mol. The van der Waals surface area contributed by atoms with Crippen LogP contribution in [-0.2, 0) is 0 Å². The minimum atomic E-state index is -0.236. The minimum absolute atomic E-state index is 0.236. The fourth-order valence-corrected chi connectivity index (χ4v) is 2.33. The largest absolute Gasteiger partial charge is 0.496 e. The maximum absolute atomic E-state index is 5.70. The zero-order valence-electron chi connectivity index (χ0n) is 11.3. The second kappa shape index (κ2) is 6.69. The van der Waals surface area contributed by atoms with Gasteiger partial charge in [0.05, 0.1) is 26.5 Å². The van der Waals surface area contributed by atoms with Gasteiger partial charge in [0.25, 0.3) is 0 Å². The van der Waals surface area contributed by atoms with E-state index < -0.39 is 0 Å². The van der Waals surface area contributed by atoms with Crippen LogP contribution in [0.25, 0.3) is 0 Å². The maximum Gasteiger partial charge on any atom is 0.137 e. The quantitative estimate of drug-likeness (QED) is 0.647. The highest BCUT2D eigenvalue weighted by Crippen LogP contribution is 2.32. The van der Waals surface area contributed by atoms with Gasteiger partial charge in [-0.25, -0.2) is 5.43 Å². The molecule has 2 rings (SSSR count). The van der Waals surface area contributed by atoms with Crippen molar-refractivity contribution < 1.29 is 9.47 Å². The first-order valence-electron chi connectivity index (χ1n) is 5.98. The number of aromatic nitrogens is 1. The Labute approximate surface area is 126 Å². The lowest BCUT2D eigenvalue weighted by molar-refractivity contribution is 0.402. The predicted octanol–water partition coefficient (Wildman–Crippen LogP) is 2.41. The van der Waals surface area contributed by atoms with Crippen molar-refractivity contribution in [3.63, 3.8) is 0 Å². The first kappa shape index (κ1) is 14.8. The number of nitrogens with two attached hydrogens (primary N) is 1. The molecule has 1 heterocycles. The summed E-state index contributed by atoms with van der Waals surface area (Å²) in [6.07, 6.45) is 3.39. The Morgan fingerprint density at radius 1 is 1.20 bits per heavy atom. The Balaban J connectivity index is 2.46. The lowest BCUT2D eigenvalue weighted by Crippen LogP contribution is -2.29. The van der Waals surface area contributed by atoms with E-state index in [0.29, 0.717) is 5.75 Å². The summed E-state index contributed by atoms with van der Waals surface area (Å²) >= 11 is 3.42. The standard InChI is InChI=1S/C14H16BrN3O2/c1-19-11-5-9(7-17-8-11)14(18-16)12-4-3-10(15)6-13(12)20-2/h3-8,14,18H,16H2,1-2H3. The number of pyridine rings is 1. The fourth-order valence-electron chi connectivity index (χ4n) is 1.99. The van der Waals surface area contributed by atoms with Crippen LogP contribution in [0.5, 0.6) is 11.5 Å². The van der Waals surface area contributed by atoms with Crippen LogP contribution in [0.15, 0.2) is 41.1 Å². The Morgan fingerprint density at radius 3 is 2.65 bits per heavy atom. The number of ether oxygens (including phenoxy) is 2. The normalized spacial score (nSPS) is 12.0. The van der Waals surface area contributed by atoms with Gasteiger partial charge in [-0.2, -0.15) is 0 Å². The van der Waals surface area contributed by atoms with Gasteiger partial charge < -0.3 is 9.47 Å². The van der Waals surface area contributed by atoms with E-state index in [-0.39, 0.29) is 6.04 Å². The summed E-state index contributed by atoms with van der Waals surface area (Å²) in [5, 5.41) is 0. The van der Waals surface area contributed by atoms with Gasteiger partial charge in [-0.1, -0.05) is 22.0 Å². The fraction of sp³-hybridized carbons (Fsp3) is 0.214. The van der Waals surface area contributed by atoms with E-state index in [1.54, 1.807) is 26.6 Å². The summed E-state index contributed by atoms with van der Waals surface area (Å²) in [5.41, 5.74) is 4.61. The Morgan fingerprint density at radius 2 is 2.00 bits per heavy atom. The molecule has 0 aliphatic heterocycles. The smallest absolute Gasteiger partial charge is 0.137 e. The summed E-state index contributed by atoms with van der Waals surface area (Å²) in [6.45, 7) is 0. The van der Waals surface area contributed by atoms with E-state index in [1.165, 1.54) is 0 Å². The average molecular weight is 338 g/mol. The molecule has 106 valence electrons. The van der Waals surface area contributed by atoms with Crippen molar-refractivity contribution in [2.75, 3.05) is 14.2 Å². The molecule has 0 saturated carbocycles. The number of methoxy groups -OCH3 is 2. The van der Waals surface area contributed by atoms with Crippen LogP contribution in [-0.4, -0.2) is 19.2 Å². The highest BCUT2D eigenvalue weighted by Gasteiger charge is 2.18. The molecule has 0 aliphatic carbocycles. The molecule has 20 heavy (non-hydrogen) atoms. The van der Waals surface area contributed by atoms with Crippen molar-refractivity contribution >= 4 is 15.9 Å². The molecule has 1 aromatic heterocycles. The van der Waals surface area contributed by atoms with Crippen molar-refractivity contribution in [3.8, 4) is 11.5 Å². The summed E-state index contributed by atoms with van der Waals surface area (Å²) in [4.78, 5) is 4.15. The third-order valence-corrected chi connectivity index (χ3v) is 3.47. The number of benzene rings is 1. The molecule has 1 atom stereocenters. The minimum Gasteiger partial charge on any atom is -0.496 e. The molecule has 1 unspecified atom stereocenters. The van der Waals surface area contributed by atoms with Crippen LogP contribution in [0.1, 0.15) is 17.2 Å². The molecule has 3 N–H and O–H groups in total. The van der Waals surface area contributed by atoms with E-state index in [0.717, 1.165) is 21.3 Å². The molecule has 0 bridgehead atoms. The van der Waals surface area contributed by atoms with E-state index in [1.807, 2.05) is 24.3 Å². The van der Waals surface area contributed by atoms with Gasteiger partial charge >= 0.3 is 0 Å². The van der Waals surface area contributed by atoms with Crippen LogP contribution in [0, 0.1) is 0 Å². The SMILES string of the molecule is COc1cncc(C(NN)c2ccc(Br)cc2OC)c1. The van der Waals surface area contributed by atoms with Gasteiger partial charge in [0.1, 0.15) is 11.5 Å². The summed E-state index contributed by atoms with van der Waals surface area (Å²) in [6, 6.07) is 7.44. The molecule has 0 aliphatic rings. The van der Waals surface area contributed by atoms with Crippen molar-refractivity contribution in [2.45, 2.75) is 6.04 Å². The van der Waals surface area contributed by atoms with E-state index in [4.69, 9.17) is 15.3 Å². The van der Waals surface area contributed by atoms with Gasteiger partial charge in [-0.3, -0.25) is 10.8 Å². The molecule has 0 saturated heterocycles. The topological polar surface area (TPSA) is 69.4 Å². The van der Waals surface area contributed by atoms with Crippen LogP contribution >= 0.6 is 15.9 Å². The number of hydrogen-bond acceptors (Lipinski definition) is 5. The van der Waals surface area contributed by atoms with Crippen LogP contribution < -0.4 is 20.7 Å². The first-order valence-corrected chi connectivity index (χ1v) is 6.77. The third-order valence-electron chi connectivity index (χ3n) is 2.98. The lowest BCUT2D eigenvalue weighted by Gasteiger charge is -2.20. The second-order valence-electron chi connectivity index (χ2n) is 4.14. The zero-order valence-corrected chi connectivity index (χ0v) is 12.8. The number of halogens is 1. The van der Waals surface area contributed by atoms with Gasteiger partial charge in [-0.05, 0) is 23.8 Å². The van der Waals surface area contributed by atoms with E-state index >= 15 is 0 Å². The summed E-state index contributed by atoms with van der Waals surface area (Å²) in [5.74, 6) is 7.12. The molecule has 5 nitrogen and oxygen atoms in total. The highest BCUT2D eigenvalue weighted by molar-refractivity contribution is 9.10. The number of hydrazine groups is 1. The predicted molar refractivity (Wildman–Crippen MR) is 80.6 cm³/mol. The number of rotatable bonds is 5. The van der Waals surface area contributed by atoms with Crippen LogP contribution in [0.3, 0.4) is 0 Å². The lowest BCUT2D eigenvalue weighted by atomic mass is 10.00. The van der Waals surface area contributed by atoms with Gasteiger partial charge in [-0.15, -0.1) is 0 Å². The van der Waals surface area contributed by atoms with Crippen LogP contribution in [0.2, 0.25) is 0 Å². The summed E-state index contributed by atoms with van der Waals surface area (Å²) in [7, 11) is 3.23. The number of nitrogens with one attached hydrogen (secondary N) is 1. The van der Waals surface area contributed by atoms with Crippen molar-refractivity contribution in [1.82, 2.24) is 10.4 Å². The summed E-state index contributed by atoms with van der Waals surface area (Å²) < 4.78 is 11.5. The van der Waals surface area contributed by atoms with Gasteiger partial charge in [0.2, 0.25) is 0 Å². The molecular weight excluding hydrogens is 322 g/mol. The molecule has 0 fully saturated rings. The van der Waals surface area contributed by atoms with Crippen molar-refractivity contribution in [3.05, 3.63) is 52.3 Å². The maximum atomic E-state index is 5.70. The zero-order chi connectivity index (χ0) is 14.5. The molecular formula is C14H16BrN3O2. The Bertz CT molecular complexity index is 592. The molecule has 2 aromatic rings. The molecule has 0 spiro atoms. The van der Waals surface area contributed by atoms with Crippen LogP contribution in [0.4, 0.5) is 0 Å². The van der Waals surface area contributed by atoms with E-state index in [2.05, 4.69) is 26.3 Å². The van der Waals surface area contributed by atoms with E-state index in [9.17, 15) is 0 Å². The van der Waals surface area contributed by atoms with Crippen molar-refractivity contribution in [2.24, 2.45) is 5.84 Å². The Hall–Kier alpha value is -1.63. The first-order chi connectivity index (χ1) is 9.69.